The lowest BCUT2D eigenvalue weighted by Gasteiger charge is -2.17. The molecular formula is C15H18N2O2. The van der Waals surface area contributed by atoms with Crippen LogP contribution in [-0.2, 0) is 11.3 Å². The second kappa shape index (κ2) is 5.71. The van der Waals surface area contributed by atoms with Gasteiger partial charge in [-0.2, -0.15) is 0 Å². The molecule has 4 nitrogen and oxygen atoms in total. The Morgan fingerprint density at radius 1 is 1.32 bits per heavy atom. The second-order valence-electron chi connectivity index (χ2n) is 4.46. The van der Waals surface area contributed by atoms with Crippen molar-refractivity contribution in [2.24, 2.45) is 5.73 Å². The average molecular weight is 258 g/mol. The summed E-state index contributed by atoms with van der Waals surface area (Å²) >= 11 is 0. The molecule has 19 heavy (non-hydrogen) atoms. The van der Waals surface area contributed by atoms with Gasteiger partial charge in [0.15, 0.2) is 6.10 Å². The molecule has 2 rings (SSSR count). The van der Waals surface area contributed by atoms with Crippen LogP contribution in [0.3, 0.4) is 0 Å². The molecule has 1 unspecified atom stereocenters. The largest absolute Gasteiger partial charge is 0.481 e. The summed E-state index contributed by atoms with van der Waals surface area (Å²) in [5.41, 5.74) is 6.28. The Bertz CT molecular complexity index is 596. The molecule has 0 radical (unpaired) electrons. The number of hydrogen-bond donors (Lipinski definition) is 2. The number of benzene rings is 2. The molecule has 0 aromatic heterocycles. The number of hydrogen-bond acceptors (Lipinski definition) is 3. The Hall–Kier alpha value is -2.07. The van der Waals surface area contributed by atoms with Gasteiger partial charge >= 0.3 is 0 Å². The number of nitrogens with one attached hydrogen (secondary N) is 1. The molecule has 0 bridgehead atoms. The number of carbonyl (C=O) groups is 1. The summed E-state index contributed by atoms with van der Waals surface area (Å²) in [6.07, 6.45) is -0.642. The van der Waals surface area contributed by atoms with Crippen molar-refractivity contribution in [1.82, 2.24) is 5.32 Å². The third-order valence-corrected chi connectivity index (χ3v) is 3.06. The fourth-order valence-electron chi connectivity index (χ4n) is 2.03. The van der Waals surface area contributed by atoms with Gasteiger partial charge in [-0.25, -0.2) is 0 Å². The third kappa shape index (κ3) is 2.85. The molecule has 0 spiro atoms. The van der Waals surface area contributed by atoms with Gasteiger partial charge in [0.1, 0.15) is 5.75 Å². The monoisotopic (exact) mass is 258 g/mol. The van der Waals surface area contributed by atoms with Gasteiger partial charge in [0.2, 0.25) is 0 Å². The maximum Gasteiger partial charge on any atom is 0.258 e. The normalized spacial score (nSPS) is 12.3. The molecule has 1 amide bonds. The molecular weight excluding hydrogens is 240 g/mol. The van der Waals surface area contributed by atoms with E-state index in [1.807, 2.05) is 37.4 Å². The van der Waals surface area contributed by atoms with E-state index in [1.54, 1.807) is 6.92 Å². The number of nitrogens with two attached hydrogens (primary N) is 1. The zero-order valence-corrected chi connectivity index (χ0v) is 11.1. The van der Waals surface area contributed by atoms with Gasteiger partial charge in [0.25, 0.3) is 5.91 Å². The van der Waals surface area contributed by atoms with Gasteiger partial charge in [0, 0.05) is 12.1 Å². The fraction of sp³-hybridized carbons (Fsp3) is 0.267. The third-order valence-electron chi connectivity index (χ3n) is 3.06. The van der Waals surface area contributed by atoms with Crippen LogP contribution < -0.4 is 15.8 Å². The summed E-state index contributed by atoms with van der Waals surface area (Å²) in [5.74, 6) is 0.225. The van der Waals surface area contributed by atoms with E-state index in [9.17, 15) is 4.79 Å². The zero-order valence-electron chi connectivity index (χ0n) is 11.1. The molecule has 0 heterocycles. The van der Waals surface area contributed by atoms with E-state index in [4.69, 9.17) is 10.5 Å². The molecule has 0 aliphatic heterocycles. The van der Waals surface area contributed by atoms with Crippen LogP contribution in [0.2, 0.25) is 0 Å². The van der Waals surface area contributed by atoms with Gasteiger partial charge in [-0.3, -0.25) is 4.79 Å². The summed E-state index contributed by atoms with van der Waals surface area (Å²) < 4.78 is 5.65. The van der Waals surface area contributed by atoms with E-state index < -0.39 is 12.0 Å². The molecule has 2 aromatic carbocycles. The van der Waals surface area contributed by atoms with Gasteiger partial charge < -0.3 is 15.8 Å². The van der Waals surface area contributed by atoms with Crippen molar-refractivity contribution in [3.63, 3.8) is 0 Å². The smallest absolute Gasteiger partial charge is 0.258 e. The van der Waals surface area contributed by atoms with Crippen LogP contribution in [0.4, 0.5) is 0 Å². The predicted molar refractivity (Wildman–Crippen MR) is 76.0 cm³/mol. The molecule has 4 heteroatoms. The maximum absolute atomic E-state index is 11.1. The number of rotatable bonds is 5. The van der Waals surface area contributed by atoms with Crippen LogP contribution in [0.1, 0.15) is 12.5 Å². The van der Waals surface area contributed by atoms with Gasteiger partial charge in [-0.05, 0) is 30.8 Å². The van der Waals surface area contributed by atoms with Crippen molar-refractivity contribution < 1.29 is 9.53 Å². The summed E-state index contributed by atoms with van der Waals surface area (Å²) in [6, 6.07) is 12.0. The van der Waals surface area contributed by atoms with Crippen molar-refractivity contribution >= 4 is 16.7 Å². The molecule has 3 N–H and O–H groups in total. The molecule has 100 valence electrons. The molecule has 0 fully saturated rings. The topological polar surface area (TPSA) is 64.3 Å². The first-order valence-electron chi connectivity index (χ1n) is 6.24. The van der Waals surface area contributed by atoms with Gasteiger partial charge in [-0.1, -0.05) is 30.3 Å². The molecule has 0 saturated carbocycles. The zero-order chi connectivity index (χ0) is 13.8. The highest BCUT2D eigenvalue weighted by atomic mass is 16.5. The fourth-order valence-corrected chi connectivity index (χ4v) is 2.03. The maximum atomic E-state index is 11.1. The Morgan fingerprint density at radius 3 is 2.74 bits per heavy atom. The first kappa shape index (κ1) is 13.4. The SMILES string of the molecule is CNCc1c(OC(C)C(N)=O)ccc2ccccc12. The number of fused-ring (bicyclic) bond motifs is 1. The molecule has 2 aromatic rings. The Morgan fingerprint density at radius 2 is 2.05 bits per heavy atom. The lowest BCUT2D eigenvalue weighted by atomic mass is 10.0. The van der Waals surface area contributed by atoms with E-state index in [1.165, 1.54) is 0 Å². The highest BCUT2D eigenvalue weighted by Gasteiger charge is 2.14. The average Bonchev–Trinajstić information content (AvgIpc) is 2.41. The van der Waals surface area contributed by atoms with Crippen molar-refractivity contribution in [3.8, 4) is 5.75 Å². The van der Waals surface area contributed by atoms with Crippen molar-refractivity contribution in [3.05, 3.63) is 42.0 Å². The minimum absolute atomic E-state index is 0.469. The van der Waals surface area contributed by atoms with E-state index in [-0.39, 0.29) is 0 Å². The standard InChI is InChI=1S/C15H18N2O2/c1-10(15(16)18)19-14-8-7-11-5-3-4-6-12(11)13(14)9-17-2/h3-8,10,17H,9H2,1-2H3,(H2,16,18). The van der Waals surface area contributed by atoms with E-state index in [0.29, 0.717) is 12.3 Å². The lowest BCUT2D eigenvalue weighted by molar-refractivity contribution is -0.123. The van der Waals surface area contributed by atoms with Crippen LogP contribution in [0.5, 0.6) is 5.75 Å². The lowest BCUT2D eigenvalue weighted by Crippen LogP contribution is -2.31. The second-order valence-corrected chi connectivity index (χ2v) is 4.46. The number of amides is 1. The Balaban J connectivity index is 2.48. The molecule has 0 aliphatic carbocycles. The minimum Gasteiger partial charge on any atom is -0.481 e. The first-order chi connectivity index (χ1) is 9.13. The minimum atomic E-state index is -0.642. The van der Waals surface area contributed by atoms with E-state index >= 15 is 0 Å². The van der Waals surface area contributed by atoms with Gasteiger partial charge in [-0.15, -0.1) is 0 Å². The van der Waals surface area contributed by atoms with E-state index in [0.717, 1.165) is 16.3 Å². The van der Waals surface area contributed by atoms with Crippen molar-refractivity contribution in [2.45, 2.75) is 19.6 Å². The van der Waals surface area contributed by atoms with Crippen molar-refractivity contribution in [1.29, 1.82) is 0 Å². The quantitative estimate of drug-likeness (QED) is 0.859. The van der Waals surface area contributed by atoms with Crippen LogP contribution in [-0.4, -0.2) is 19.1 Å². The van der Waals surface area contributed by atoms with Crippen molar-refractivity contribution in [2.75, 3.05) is 7.05 Å². The summed E-state index contributed by atoms with van der Waals surface area (Å²) in [6.45, 7) is 2.32. The predicted octanol–water partition coefficient (Wildman–Crippen LogP) is 1.81. The number of primary amides is 1. The number of carbonyl (C=O) groups excluding carboxylic acids is 1. The molecule has 0 saturated heterocycles. The van der Waals surface area contributed by atoms with E-state index in [2.05, 4.69) is 11.4 Å². The van der Waals surface area contributed by atoms with Crippen LogP contribution >= 0.6 is 0 Å². The summed E-state index contributed by atoms with van der Waals surface area (Å²) in [4.78, 5) is 11.1. The molecule has 1 atom stereocenters. The van der Waals surface area contributed by atoms with Crippen LogP contribution in [0.15, 0.2) is 36.4 Å². The van der Waals surface area contributed by atoms with Gasteiger partial charge in [0.05, 0.1) is 0 Å². The first-order valence-corrected chi connectivity index (χ1v) is 6.24. The van der Waals surface area contributed by atoms with Crippen LogP contribution in [0, 0.1) is 0 Å². The Labute approximate surface area is 112 Å². The highest BCUT2D eigenvalue weighted by molar-refractivity contribution is 5.88. The van der Waals surface area contributed by atoms with Crippen LogP contribution in [0.25, 0.3) is 10.8 Å². The highest BCUT2D eigenvalue weighted by Crippen LogP contribution is 2.28. The molecule has 0 aliphatic rings. The summed E-state index contributed by atoms with van der Waals surface area (Å²) in [7, 11) is 1.88. The number of ether oxygens (including phenoxy) is 1. The summed E-state index contributed by atoms with van der Waals surface area (Å²) in [5, 5.41) is 5.38. The Kier molecular flexibility index (Phi) is 4.02.